The lowest BCUT2D eigenvalue weighted by Gasteiger charge is -2.14. The van der Waals surface area contributed by atoms with E-state index < -0.39 is 27.7 Å². The summed E-state index contributed by atoms with van der Waals surface area (Å²) >= 11 is 0. The molecule has 9 heteroatoms. The Kier molecular flexibility index (Phi) is 4.81. The molecule has 0 unspecified atom stereocenters. The number of carboxylic acid groups (broad SMARTS) is 1. The molecule has 2 rings (SSSR count). The first-order valence-corrected chi connectivity index (χ1v) is 8.45. The van der Waals surface area contributed by atoms with Gasteiger partial charge in [-0.3, -0.25) is 4.72 Å². The van der Waals surface area contributed by atoms with Gasteiger partial charge in [0.05, 0.1) is 16.0 Å². The molecule has 2 aromatic rings. The Bertz CT molecular complexity index is 937. The summed E-state index contributed by atoms with van der Waals surface area (Å²) in [6, 6.07) is 6.11. The number of hydrogen-bond donors (Lipinski definition) is 2. The highest BCUT2D eigenvalue weighted by Crippen LogP contribution is 2.31. The molecule has 0 heterocycles. The summed E-state index contributed by atoms with van der Waals surface area (Å²) in [5, 5.41) is 9.12. The van der Waals surface area contributed by atoms with E-state index in [-0.39, 0.29) is 21.7 Å². The number of carbonyl (C=O) groups is 1. The molecule has 0 radical (unpaired) electrons. The maximum Gasteiger partial charge on any atom is 0.416 e. The van der Waals surface area contributed by atoms with Gasteiger partial charge in [-0.2, -0.15) is 13.2 Å². The van der Waals surface area contributed by atoms with Gasteiger partial charge in [-0.15, -0.1) is 0 Å². The van der Waals surface area contributed by atoms with Crippen LogP contribution in [0.2, 0.25) is 0 Å². The third-order valence-electron chi connectivity index (χ3n) is 3.48. The zero-order valence-electron chi connectivity index (χ0n) is 13.2. The Morgan fingerprint density at radius 1 is 1.08 bits per heavy atom. The van der Waals surface area contributed by atoms with Crippen molar-refractivity contribution in [1.29, 1.82) is 0 Å². The lowest BCUT2D eigenvalue weighted by molar-refractivity contribution is -0.137. The number of rotatable bonds is 4. The number of sulfonamides is 1. The average molecular weight is 373 g/mol. The van der Waals surface area contributed by atoms with E-state index >= 15 is 0 Å². The van der Waals surface area contributed by atoms with Crippen molar-refractivity contribution >= 4 is 21.7 Å². The molecular formula is C16H14F3NO4S. The van der Waals surface area contributed by atoms with Gasteiger partial charge in [0.25, 0.3) is 10.0 Å². The summed E-state index contributed by atoms with van der Waals surface area (Å²) in [7, 11) is -4.26. The van der Waals surface area contributed by atoms with Crippen molar-refractivity contribution in [1.82, 2.24) is 0 Å². The predicted octanol–water partition coefficient (Wildman–Crippen LogP) is 3.82. The fourth-order valence-electron chi connectivity index (χ4n) is 2.32. The molecule has 0 bridgehead atoms. The van der Waals surface area contributed by atoms with Crippen molar-refractivity contribution < 1.29 is 31.5 Å². The Morgan fingerprint density at radius 3 is 2.28 bits per heavy atom. The van der Waals surface area contributed by atoms with Crippen LogP contribution < -0.4 is 4.72 Å². The number of alkyl halides is 3. The quantitative estimate of drug-likeness (QED) is 0.853. The Hall–Kier alpha value is -2.55. The first kappa shape index (κ1) is 18.8. The van der Waals surface area contributed by atoms with Crippen LogP contribution in [0, 0.1) is 13.8 Å². The summed E-state index contributed by atoms with van der Waals surface area (Å²) in [5.41, 5.74) is -0.814. The molecule has 0 aromatic heterocycles. The van der Waals surface area contributed by atoms with Crippen LogP contribution >= 0.6 is 0 Å². The van der Waals surface area contributed by atoms with Gasteiger partial charge in [-0.05, 0) is 49.2 Å². The lowest BCUT2D eigenvalue weighted by Crippen LogP contribution is -2.16. The van der Waals surface area contributed by atoms with E-state index in [1.54, 1.807) is 0 Å². The third kappa shape index (κ3) is 4.11. The Balaban J connectivity index is 2.47. The van der Waals surface area contributed by atoms with Gasteiger partial charge in [0, 0.05) is 5.69 Å². The number of aromatic carboxylic acids is 1. The standard InChI is InChI=1S/C16H14F3NO4S/c1-9-6-10(2)14(8-13(9)15(21)22)25(23,24)20-12-5-3-4-11(7-12)16(17,18)19/h3-8,20H,1-2H3,(H,21,22). The van der Waals surface area contributed by atoms with Crippen LogP contribution in [0.4, 0.5) is 18.9 Å². The van der Waals surface area contributed by atoms with Crippen LogP contribution in [-0.2, 0) is 16.2 Å². The van der Waals surface area contributed by atoms with Crippen LogP contribution in [0.1, 0.15) is 27.0 Å². The zero-order chi connectivity index (χ0) is 19.0. The molecule has 2 aromatic carbocycles. The third-order valence-corrected chi connectivity index (χ3v) is 5.01. The molecular weight excluding hydrogens is 359 g/mol. The van der Waals surface area contributed by atoms with Gasteiger partial charge in [-0.25, -0.2) is 13.2 Å². The van der Waals surface area contributed by atoms with E-state index in [9.17, 15) is 26.4 Å². The second-order valence-corrected chi connectivity index (χ2v) is 7.07. The number of carboxylic acids is 1. The molecule has 25 heavy (non-hydrogen) atoms. The molecule has 0 aliphatic rings. The van der Waals surface area contributed by atoms with Gasteiger partial charge in [-0.1, -0.05) is 12.1 Å². The first-order chi connectivity index (χ1) is 11.4. The maximum atomic E-state index is 12.7. The van der Waals surface area contributed by atoms with Crippen molar-refractivity contribution in [3.8, 4) is 0 Å². The van der Waals surface area contributed by atoms with E-state index in [1.165, 1.54) is 26.0 Å². The zero-order valence-corrected chi connectivity index (χ0v) is 14.0. The minimum Gasteiger partial charge on any atom is -0.478 e. The molecule has 5 nitrogen and oxygen atoms in total. The Morgan fingerprint density at radius 2 is 1.72 bits per heavy atom. The number of halogens is 3. The summed E-state index contributed by atoms with van der Waals surface area (Å²) < 4.78 is 65.2. The summed E-state index contributed by atoms with van der Waals surface area (Å²) in [6.45, 7) is 2.99. The summed E-state index contributed by atoms with van der Waals surface area (Å²) in [5.74, 6) is -1.30. The second kappa shape index (κ2) is 6.40. The van der Waals surface area contributed by atoms with Crippen LogP contribution in [0.25, 0.3) is 0 Å². The highest BCUT2D eigenvalue weighted by molar-refractivity contribution is 7.92. The van der Waals surface area contributed by atoms with E-state index in [1.807, 2.05) is 0 Å². The molecule has 0 amide bonds. The predicted molar refractivity (Wildman–Crippen MR) is 85.1 cm³/mol. The monoisotopic (exact) mass is 373 g/mol. The molecule has 0 fully saturated rings. The highest BCUT2D eigenvalue weighted by atomic mass is 32.2. The van der Waals surface area contributed by atoms with Crippen molar-refractivity contribution in [2.24, 2.45) is 0 Å². The van der Waals surface area contributed by atoms with Gasteiger partial charge < -0.3 is 5.11 Å². The molecule has 0 aliphatic carbocycles. The van der Waals surface area contributed by atoms with Gasteiger partial charge >= 0.3 is 12.1 Å². The average Bonchev–Trinajstić information content (AvgIpc) is 2.45. The number of benzene rings is 2. The summed E-state index contributed by atoms with van der Waals surface area (Å²) in [6.07, 6.45) is -4.61. The second-order valence-electron chi connectivity index (χ2n) is 5.42. The van der Waals surface area contributed by atoms with Crippen molar-refractivity contribution in [2.45, 2.75) is 24.9 Å². The molecule has 0 saturated carbocycles. The van der Waals surface area contributed by atoms with Crippen molar-refractivity contribution in [3.05, 3.63) is 58.7 Å². The SMILES string of the molecule is Cc1cc(C)c(S(=O)(=O)Nc2cccc(C(F)(F)F)c2)cc1C(=O)O. The highest BCUT2D eigenvalue weighted by Gasteiger charge is 2.31. The number of hydrogen-bond acceptors (Lipinski definition) is 3. The molecule has 0 spiro atoms. The fraction of sp³-hybridized carbons (Fsp3) is 0.188. The van der Waals surface area contributed by atoms with Gasteiger partial charge in [0.2, 0.25) is 0 Å². The number of anilines is 1. The first-order valence-electron chi connectivity index (χ1n) is 6.96. The Labute approximate surface area is 142 Å². The van der Waals surface area contributed by atoms with Gasteiger partial charge in [0.15, 0.2) is 0 Å². The molecule has 0 saturated heterocycles. The largest absolute Gasteiger partial charge is 0.478 e. The van der Waals surface area contributed by atoms with E-state index in [0.717, 1.165) is 18.2 Å². The maximum absolute atomic E-state index is 12.7. The normalized spacial score (nSPS) is 12.0. The van der Waals surface area contributed by atoms with E-state index in [0.29, 0.717) is 11.6 Å². The minimum atomic E-state index is -4.61. The lowest BCUT2D eigenvalue weighted by atomic mass is 10.1. The van der Waals surface area contributed by atoms with Crippen LogP contribution in [0.5, 0.6) is 0 Å². The smallest absolute Gasteiger partial charge is 0.416 e. The van der Waals surface area contributed by atoms with Crippen LogP contribution in [-0.4, -0.2) is 19.5 Å². The van der Waals surface area contributed by atoms with E-state index in [2.05, 4.69) is 4.72 Å². The molecule has 2 N–H and O–H groups in total. The van der Waals surface area contributed by atoms with Crippen molar-refractivity contribution in [2.75, 3.05) is 4.72 Å². The van der Waals surface area contributed by atoms with E-state index in [4.69, 9.17) is 5.11 Å². The molecule has 0 atom stereocenters. The minimum absolute atomic E-state index is 0.199. The number of nitrogens with one attached hydrogen (secondary N) is 1. The van der Waals surface area contributed by atoms with Crippen LogP contribution in [0.15, 0.2) is 41.3 Å². The topological polar surface area (TPSA) is 83.5 Å². The van der Waals surface area contributed by atoms with Gasteiger partial charge in [0.1, 0.15) is 0 Å². The summed E-state index contributed by atoms with van der Waals surface area (Å²) in [4.78, 5) is 10.9. The molecule has 134 valence electrons. The fourth-order valence-corrected chi connectivity index (χ4v) is 3.62. The molecule has 0 aliphatic heterocycles. The number of aryl methyl sites for hydroxylation is 2. The van der Waals surface area contributed by atoms with Crippen molar-refractivity contribution in [3.63, 3.8) is 0 Å². The van der Waals surface area contributed by atoms with Crippen LogP contribution in [0.3, 0.4) is 0 Å².